The van der Waals surface area contributed by atoms with E-state index in [9.17, 15) is 26.4 Å². The van der Waals surface area contributed by atoms with E-state index in [2.05, 4.69) is 0 Å². The lowest BCUT2D eigenvalue weighted by atomic mass is 10.2. The lowest BCUT2D eigenvalue weighted by Crippen LogP contribution is -2.52. The molecule has 25 heavy (non-hydrogen) atoms. The van der Waals surface area contributed by atoms with Crippen LogP contribution in [0.3, 0.4) is 0 Å². The standard InChI is InChI=1S/C15H17F3N2O4S/c16-10-3-4-12(14(18)13(10)17)25(22,23)20-7-5-19(6-8-20)15(21)11-2-1-9-24-11/h3-4,11H,1-2,5-9H2. The summed E-state index contributed by atoms with van der Waals surface area (Å²) >= 11 is 0. The number of ether oxygens (including phenoxy) is 1. The fourth-order valence-corrected chi connectivity index (χ4v) is 4.45. The predicted molar refractivity (Wildman–Crippen MR) is 80.6 cm³/mol. The van der Waals surface area contributed by atoms with Crippen LogP contribution in [0.2, 0.25) is 0 Å². The third kappa shape index (κ3) is 3.38. The van der Waals surface area contributed by atoms with Gasteiger partial charge in [-0.25, -0.2) is 21.6 Å². The fraction of sp³-hybridized carbons (Fsp3) is 0.533. The summed E-state index contributed by atoms with van der Waals surface area (Å²) in [4.78, 5) is 12.8. The SMILES string of the molecule is O=C(C1CCCO1)N1CCN(S(=O)(=O)c2ccc(F)c(F)c2F)CC1. The number of amides is 1. The Kier molecular flexibility index (Phi) is 5.03. The molecule has 0 aliphatic carbocycles. The maximum atomic E-state index is 13.8. The molecule has 2 aliphatic heterocycles. The van der Waals surface area contributed by atoms with Crippen LogP contribution in [0.15, 0.2) is 17.0 Å². The molecule has 1 aromatic carbocycles. The Labute approximate surface area is 143 Å². The molecular weight excluding hydrogens is 361 g/mol. The smallest absolute Gasteiger partial charge is 0.251 e. The monoisotopic (exact) mass is 378 g/mol. The number of benzene rings is 1. The van der Waals surface area contributed by atoms with Crippen molar-refractivity contribution in [2.24, 2.45) is 0 Å². The summed E-state index contributed by atoms with van der Waals surface area (Å²) in [5.41, 5.74) is 0. The van der Waals surface area contributed by atoms with Crippen LogP contribution in [0.1, 0.15) is 12.8 Å². The van der Waals surface area contributed by atoms with Crippen molar-refractivity contribution in [1.82, 2.24) is 9.21 Å². The highest BCUT2D eigenvalue weighted by Crippen LogP contribution is 2.24. The Balaban J connectivity index is 1.71. The molecule has 0 saturated carbocycles. The van der Waals surface area contributed by atoms with Gasteiger partial charge in [0.15, 0.2) is 17.5 Å². The Morgan fingerprint density at radius 2 is 1.76 bits per heavy atom. The highest BCUT2D eigenvalue weighted by molar-refractivity contribution is 7.89. The zero-order valence-electron chi connectivity index (χ0n) is 13.3. The van der Waals surface area contributed by atoms with Crippen molar-refractivity contribution in [3.8, 4) is 0 Å². The normalized spacial score (nSPS) is 22.4. The fourth-order valence-electron chi connectivity index (χ4n) is 2.97. The first kappa shape index (κ1) is 18.2. The van der Waals surface area contributed by atoms with E-state index >= 15 is 0 Å². The second-order valence-corrected chi connectivity index (χ2v) is 7.81. The number of halogens is 3. The average Bonchev–Trinajstić information content (AvgIpc) is 3.13. The summed E-state index contributed by atoms with van der Waals surface area (Å²) in [5.74, 6) is -5.21. The van der Waals surface area contributed by atoms with Crippen molar-refractivity contribution in [1.29, 1.82) is 0 Å². The van der Waals surface area contributed by atoms with Gasteiger partial charge in [-0.3, -0.25) is 4.79 Å². The van der Waals surface area contributed by atoms with E-state index < -0.39 is 38.5 Å². The van der Waals surface area contributed by atoms with E-state index in [1.807, 2.05) is 0 Å². The predicted octanol–water partition coefficient (Wildman–Crippen LogP) is 1.12. The molecule has 138 valence electrons. The van der Waals surface area contributed by atoms with Crippen LogP contribution in [0.5, 0.6) is 0 Å². The molecule has 2 fully saturated rings. The lowest BCUT2D eigenvalue weighted by molar-refractivity contribution is -0.142. The van der Waals surface area contributed by atoms with Gasteiger partial charge in [-0.2, -0.15) is 4.31 Å². The molecule has 1 amide bonds. The van der Waals surface area contributed by atoms with Crippen molar-refractivity contribution >= 4 is 15.9 Å². The van der Waals surface area contributed by atoms with Crippen molar-refractivity contribution in [3.63, 3.8) is 0 Å². The van der Waals surface area contributed by atoms with Gasteiger partial charge in [-0.05, 0) is 25.0 Å². The first-order valence-electron chi connectivity index (χ1n) is 7.86. The molecule has 6 nitrogen and oxygen atoms in total. The zero-order chi connectivity index (χ0) is 18.2. The van der Waals surface area contributed by atoms with Crippen LogP contribution in [-0.2, 0) is 19.6 Å². The summed E-state index contributed by atoms with van der Waals surface area (Å²) in [6.07, 6.45) is 0.948. The van der Waals surface area contributed by atoms with E-state index in [0.29, 0.717) is 25.2 Å². The Hall–Kier alpha value is -1.65. The van der Waals surface area contributed by atoms with E-state index in [1.165, 1.54) is 4.90 Å². The molecule has 0 bridgehead atoms. The summed E-state index contributed by atoms with van der Waals surface area (Å²) in [5, 5.41) is 0. The minimum Gasteiger partial charge on any atom is -0.368 e. The van der Waals surface area contributed by atoms with Crippen LogP contribution in [0.4, 0.5) is 13.2 Å². The number of hydrogen-bond acceptors (Lipinski definition) is 4. The molecule has 2 heterocycles. The molecule has 0 spiro atoms. The minimum absolute atomic E-state index is 0.0563. The Morgan fingerprint density at radius 1 is 1.08 bits per heavy atom. The maximum absolute atomic E-state index is 13.8. The third-order valence-corrected chi connectivity index (χ3v) is 6.29. The van der Waals surface area contributed by atoms with Gasteiger partial charge in [-0.1, -0.05) is 0 Å². The number of nitrogens with zero attached hydrogens (tertiary/aromatic N) is 2. The second-order valence-electron chi connectivity index (χ2n) is 5.90. The van der Waals surface area contributed by atoms with E-state index in [-0.39, 0.29) is 32.1 Å². The summed E-state index contributed by atoms with van der Waals surface area (Å²) in [7, 11) is -4.32. The van der Waals surface area contributed by atoms with Gasteiger partial charge in [0.1, 0.15) is 11.0 Å². The lowest BCUT2D eigenvalue weighted by Gasteiger charge is -2.35. The van der Waals surface area contributed by atoms with Gasteiger partial charge < -0.3 is 9.64 Å². The molecule has 3 rings (SSSR count). The van der Waals surface area contributed by atoms with Crippen molar-refractivity contribution < 1.29 is 31.1 Å². The number of sulfonamides is 1. The largest absolute Gasteiger partial charge is 0.368 e. The van der Waals surface area contributed by atoms with Gasteiger partial charge in [-0.15, -0.1) is 0 Å². The van der Waals surface area contributed by atoms with Gasteiger partial charge in [0.2, 0.25) is 10.0 Å². The van der Waals surface area contributed by atoms with Gasteiger partial charge in [0.05, 0.1) is 0 Å². The summed E-state index contributed by atoms with van der Waals surface area (Å²) in [6, 6.07) is 1.27. The van der Waals surface area contributed by atoms with Gasteiger partial charge >= 0.3 is 0 Å². The van der Waals surface area contributed by atoms with Gasteiger partial charge in [0.25, 0.3) is 5.91 Å². The molecule has 1 unspecified atom stereocenters. The quantitative estimate of drug-likeness (QED) is 0.740. The maximum Gasteiger partial charge on any atom is 0.251 e. The Bertz CT molecular complexity index is 773. The van der Waals surface area contributed by atoms with E-state index in [1.54, 1.807) is 0 Å². The molecule has 0 aromatic heterocycles. The number of carbonyl (C=O) groups is 1. The first-order valence-corrected chi connectivity index (χ1v) is 9.30. The Morgan fingerprint density at radius 3 is 2.36 bits per heavy atom. The number of piperazine rings is 1. The molecule has 1 atom stereocenters. The van der Waals surface area contributed by atoms with Crippen LogP contribution in [-0.4, -0.2) is 62.4 Å². The molecule has 0 radical (unpaired) electrons. The molecule has 2 aliphatic rings. The van der Waals surface area contributed by atoms with E-state index in [4.69, 9.17) is 4.74 Å². The van der Waals surface area contributed by atoms with Crippen LogP contribution < -0.4 is 0 Å². The van der Waals surface area contributed by atoms with Crippen molar-refractivity contribution in [2.45, 2.75) is 23.8 Å². The average molecular weight is 378 g/mol. The number of hydrogen-bond donors (Lipinski definition) is 0. The van der Waals surface area contributed by atoms with Gasteiger partial charge in [0, 0.05) is 32.8 Å². The van der Waals surface area contributed by atoms with E-state index in [0.717, 1.165) is 10.7 Å². The summed E-state index contributed by atoms with van der Waals surface area (Å²) < 4.78 is 71.4. The van der Waals surface area contributed by atoms with Crippen molar-refractivity contribution in [3.05, 3.63) is 29.6 Å². The molecular formula is C15H17F3N2O4S. The van der Waals surface area contributed by atoms with Crippen LogP contribution >= 0.6 is 0 Å². The highest BCUT2D eigenvalue weighted by Gasteiger charge is 2.35. The third-order valence-electron chi connectivity index (χ3n) is 4.37. The zero-order valence-corrected chi connectivity index (χ0v) is 14.1. The number of carbonyl (C=O) groups excluding carboxylic acids is 1. The molecule has 0 N–H and O–H groups in total. The van der Waals surface area contributed by atoms with Crippen molar-refractivity contribution in [2.75, 3.05) is 32.8 Å². The first-order chi connectivity index (χ1) is 11.8. The topological polar surface area (TPSA) is 66.9 Å². The minimum atomic E-state index is -4.32. The molecule has 1 aromatic rings. The molecule has 10 heteroatoms. The second kappa shape index (κ2) is 6.93. The highest BCUT2D eigenvalue weighted by atomic mass is 32.2. The van der Waals surface area contributed by atoms with Crippen LogP contribution in [0, 0.1) is 17.5 Å². The van der Waals surface area contributed by atoms with Crippen LogP contribution in [0.25, 0.3) is 0 Å². The number of rotatable bonds is 3. The summed E-state index contributed by atoms with van der Waals surface area (Å²) in [6.45, 7) is 0.672. The molecule has 2 saturated heterocycles.